The van der Waals surface area contributed by atoms with E-state index in [2.05, 4.69) is 15.8 Å². The molecule has 2 unspecified atom stereocenters. The number of alkyl halides is 1. The molecule has 0 amide bonds. The summed E-state index contributed by atoms with van der Waals surface area (Å²) in [6, 6.07) is 3.54. The van der Waals surface area contributed by atoms with Gasteiger partial charge in [0.05, 0.1) is 24.0 Å². The van der Waals surface area contributed by atoms with Gasteiger partial charge in [0, 0.05) is 23.4 Å². The van der Waals surface area contributed by atoms with Crippen molar-refractivity contribution in [2.75, 3.05) is 13.4 Å². The van der Waals surface area contributed by atoms with Gasteiger partial charge in [-0.1, -0.05) is 6.42 Å². The second-order valence-corrected chi connectivity index (χ2v) is 6.62. The number of thioether (sulfide) groups is 1. The maximum absolute atomic E-state index is 13.9. The first-order valence-electron chi connectivity index (χ1n) is 7.02. The molecule has 21 heavy (non-hydrogen) atoms. The van der Waals surface area contributed by atoms with Crippen LogP contribution in [0, 0.1) is 5.82 Å². The van der Waals surface area contributed by atoms with Gasteiger partial charge in [0.2, 0.25) is 0 Å². The first kappa shape index (κ1) is 15.0. The molecule has 0 bridgehead atoms. The van der Waals surface area contributed by atoms with Gasteiger partial charge in [0.25, 0.3) is 0 Å². The highest BCUT2D eigenvalue weighted by Gasteiger charge is 2.31. The number of ether oxygens (including phenoxy) is 1. The second-order valence-electron chi connectivity index (χ2n) is 5.28. The third-order valence-electron chi connectivity index (χ3n) is 4.21. The van der Waals surface area contributed by atoms with Crippen molar-refractivity contribution in [2.45, 2.75) is 36.4 Å². The quantitative estimate of drug-likeness (QED) is 0.779. The van der Waals surface area contributed by atoms with Crippen molar-refractivity contribution in [1.82, 2.24) is 9.55 Å². The smallest absolute Gasteiger partial charge is 0.167 e. The van der Waals surface area contributed by atoms with E-state index in [1.165, 1.54) is 26.0 Å². The lowest BCUT2D eigenvalue weighted by Gasteiger charge is -2.22. The van der Waals surface area contributed by atoms with Gasteiger partial charge in [-0.25, -0.2) is 9.37 Å². The standard InChI is InChI=1S/C15H18ClFN2OS/c1-20-13-7-12-10(6-9(13)17)18-15(8-16)19(12)11-4-3-5-14(11)21-2/h6-7,11,14H,3-5,8H2,1-2H3. The average Bonchev–Trinajstić information content (AvgIpc) is 3.08. The summed E-state index contributed by atoms with van der Waals surface area (Å²) in [6.45, 7) is 0. The van der Waals surface area contributed by atoms with Gasteiger partial charge in [0.1, 0.15) is 5.82 Å². The van der Waals surface area contributed by atoms with Crippen LogP contribution in [0.25, 0.3) is 11.0 Å². The number of hydrogen-bond donors (Lipinski definition) is 0. The Labute approximate surface area is 132 Å². The highest BCUT2D eigenvalue weighted by atomic mass is 35.5. The Balaban J connectivity index is 2.19. The maximum Gasteiger partial charge on any atom is 0.167 e. The zero-order valence-electron chi connectivity index (χ0n) is 12.1. The second kappa shape index (κ2) is 6.05. The molecule has 2 atom stereocenters. The SMILES string of the molecule is COc1cc2c(cc1F)nc(CCl)n2C1CCCC1SC. The Bertz CT molecular complexity index is 661. The van der Waals surface area contributed by atoms with Gasteiger partial charge in [-0.15, -0.1) is 11.6 Å². The van der Waals surface area contributed by atoms with E-state index in [1.807, 2.05) is 11.8 Å². The van der Waals surface area contributed by atoms with Crippen molar-refractivity contribution in [1.29, 1.82) is 0 Å². The summed E-state index contributed by atoms with van der Waals surface area (Å²) in [5, 5.41) is 0.556. The van der Waals surface area contributed by atoms with Gasteiger partial charge in [-0.3, -0.25) is 0 Å². The van der Waals surface area contributed by atoms with E-state index in [0.29, 0.717) is 22.7 Å². The fourth-order valence-electron chi connectivity index (χ4n) is 3.24. The molecule has 0 radical (unpaired) electrons. The number of hydrogen-bond acceptors (Lipinski definition) is 3. The van der Waals surface area contributed by atoms with E-state index in [4.69, 9.17) is 16.3 Å². The summed E-state index contributed by atoms with van der Waals surface area (Å²) >= 11 is 7.95. The minimum Gasteiger partial charge on any atom is -0.494 e. The highest BCUT2D eigenvalue weighted by Crippen LogP contribution is 2.40. The molecular formula is C15H18ClFN2OS. The molecule has 114 valence electrons. The Kier molecular flexibility index (Phi) is 4.31. The lowest BCUT2D eigenvalue weighted by Crippen LogP contribution is -2.17. The van der Waals surface area contributed by atoms with Crippen LogP contribution in [0.1, 0.15) is 31.1 Å². The molecule has 3 rings (SSSR count). The van der Waals surface area contributed by atoms with Crippen LogP contribution in [-0.2, 0) is 5.88 Å². The van der Waals surface area contributed by atoms with Crippen LogP contribution in [0.4, 0.5) is 4.39 Å². The molecule has 3 nitrogen and oxygen atoms in total. The van der Waals surface area contributed by atoms with Crippen LogP contribution < -0.4 is 4.74 Å². The van der Waals surface area contributed by atoms with Crippen molar-refractivity contribution in [2.24, 2.45) is 0 Å². The molecule has 0 saturated heterocycles. The van der Waals surface area contributed by atoms with Crippen LogP contribution in [0.3, 0.4) is 0 Å². The number of nitrogens with zero attached hydrogens (tertiary/aromatic N) is 2. The van der Waals surface area contributed by atoms with Gasteiger partial charge < -0.3 is 9.30 Å². The van der Waals surface area contributed by atoms with Crippen molar-refractivity contribution < 1.29 is 9.13 Å². The van der Waals surface area contributed by atoms with Crippen molar-refractivity contribution in [3.05, 3.63) is 23.8 Å². The Morgan fingerprint density at radius 3 is 2.95 bits per heavy atom. The van der Waals surface area contributed by atoms with Gasteiger partial charge in [-0.05, 0) is 19.1 Å². The Morgan fingerprint density at radius 2 is 2.29 bits per heavy atom. The van der Waals surface area contributed by atoms with Gasteiger partial charge in [0.15, 0.2) is 11.6 Å². The largest absolute Gasteiger partial charge is 0.494 e. The first-order chi connectivity index (χ1) is 10.2. The molecule has 2 aromatic rings. The molecule has 1 saturated carbocycles. The summed E-state index contributed by atoms with van der Waals surface area (Å²) in [7, 11) is 1.48. The van der Waals surface area contributed by atoms with E-state index in [9.17, 15) is 4.39 Å². The van der Waals surface area contributed by atoms with Gasteiger partial charge >= 0.3 is 0 Å². The van der Waals surface area contributed by atoms with Crippen LogP contribution in [0.2, 0.25) is 0 Å². The predicted molar refractivity (Wildman–Crippen MR) is 86.0 cm³/mol. The summed E-state index contributed by atoms with van der Waals surface area (Å²) < 4.78 is 21.2. The van der Waals surface area contributed by atoms with Crippen LogP contribution >= 0.6 is 23.4 Å². The predicted octanol–water partition coefficient (Wildman–Crippen LogP) is 4.38. The zero-order chi connectivity index (χ0) is 15.0. The topological polar surface area (TPSA) is 27.1 Å². The zero-order valence-corrected chi connectivity index (χ0v) is 13.7. The summed E-state index contributed by atoms with van der Waals surface area (Å²) in [5.41, 5.74) is 1.56. The third-order valence-corrected chi connectivity index (χ3v) is 5.60. The van der Waals surface area contributed by atoms with Crippen molar-refractivity contribution in [3.8, 4) is 5.75 Å². The number of halogens is 2. The first-order valence-corrected chi connectivity index (χ1v) is 8.85. The molecular weight excluding hydrogens is 311 g/mol. The number of rotatable bonds is 4. The monoisotopic (exact) mass is 328 g/mol. The molecule has 1 aromatic heterocycles. The fourth-order valence-corrected chi connectivity index (χ4v) is 4.41. The minimum atomic E-state index is -0.386. The van der Waals surface area contributed by atoms with Crippen LogP contribution in [-0.4, -0.2) is 28.2 Å². The average molecular weight is 329 g/mol. The van der Waals surface area contributed by atoms with E-state index in [1.54, 1.807) is 6.07 Å². The summed E-state index contributed by atoms with van der Waals surface area (Å²) in [4.78, 5) is 4.51. The summed E-state index contributed by atoms with van der Waals surface area (Å²) in [5.74, 6) is 1.01. The minimum absolute atomic E-state index is 0.253. The Hall–Kier alpha value is -0.940. The van der Waals surface area contributed by atoms with Crippen LogP contribution in [0.15, 0.2) is 12.1 Å². The van der Waals surface area contributed by atoms with E-state index in [-0.39, 0.29) is 11.6 Å². The Morgan fingerprint density at radius 1 is 1.48 bits per heavy atom. The lowest BCUT2D eigenvalue weighted by atomic mass is 10.2. The number of methoxy groups -OCH3 is 1. The fraction of sp³-hybridized carbons (Fsp3) is 0.533. The van der Waals surface area contributed by atoms with E-state index >= 15 is 0 Å². The number of imidazole rings is 1. The molecule has 1 heterocycles. The number of fused-ring (bicyclic) bond motifs is 1. The lowest BCUT2D eigenvalue weighted by molar-refractivity contribution is 0.387. The summed E-state index contributed by atoms with van der Waals surface area (Å²) in [6.07, 6.45) is 5.66. The molecule has 0 spiro atoms. The van der Waals surface area contributed by atoms with Crippen molar-refractivity contribution in [3.63, 3.8) is 0 Å². The molecule has 1 aromatic carbocycles. The third kappa shape index (κ3) is 2.50. The van der Waals surface area contributed by atoms with Gasteiger partial charge in [-0.2, -0.15) is 11.8 Å². The van der Waals surface area contributed by atoms with Crippen LogP contribution in [0.5, 0.6) is 5.75 Å². The molecule has 1 aliphatic rings. The van der Waals surface area contributed by atoms with E-state index < -0.39 is 0 Å². The molecule has 0 N–H and O–H groups in total. The van der Waals surface area contributed by atoms with E-state index in [0.717, 1.165) is 17.8 Å². The molecule has 0 aliphatic heterocycles. The molecule has 1 aliphatic carbocycles. The van der Waals surface area contributed by atoms with Crippen molar-refractivity contribution >= 4 is 34.4 Å². The molecule has 1 fully saturated rings. The highest BCUT2D eigenvalue weighted by molar-refractivity contribution is 7.99. The maximum atomic E-state index is 13.9. The normalized spacial score (nSPS) is 22.1. The molecule has 6 heteroatoms. The number of aromatic nitrogens is 2. The number of benzene rings is 1.